The van der Waals surface area contributed by atoms with Crippen molar-refractivity contribution >= 4 is 15.9 Å². The topological polar surface area (TPSA) is 26.0 Å². The zero-order valence-corrected chi connectivity index (χ0v) is 10.5. The number of hydrogen-bond donors (Lipinski definition) is 1. The Morgan fingerprint density at radius 2 is 1.93 bits per heavy atom. The SMILES string of the molecule is NC(CCCc1ccc(Br)cc1)C1CC1. The molecule has 2 N–H and O–H groups in total. The van der Waals surface area contributed by atoms with E-state index >= 15 is 0 Å². The van der Waals surface area contributed by atoms with Gasteiger partial charge in [0.1, 0.15) is 0 Å². The molecule has 1 fully saturated rings. The van der Waals surface area contributed by atoms with Gasteiger partial charge in [0.2, 0.25) is 0 Å². The summed E-state index contributed by atoms with van der Waals surface area (Å²) in [6, 6.07) is 9.05. The molecule has 0 aromatic heterocycles. The number of halogens is 1. The van der Waals surface area contributed by atoms with Gasteiger partial charge in [0.25, 0.3) is 0 Å². The first-order chi connectivity index (χ1) is 7.25. The number of aryl methyl sites for hydroxylation is 1. The van der Waals surface area contributed by atoms with Crippen LogP contribution in [0.5, 0.6) is 0 Å². The van der Waals surface area contributed by atoms with Gasteiger partial charge in [0.15, 0.2) is 0 Å². The molecule has 1 aliphatic carbocycles. The van der Waals surface area contributed by atoms with Gasteiger partial charge in [0, 0.05) is 10.5 Å². The van der Waals surface area contributed by atoms with Crippen LogP contribution in [0, 0.1) is 5.92 Å². The molecule has 15 heavy (non-hydrogen) atoms. The van der Waals surface area contributed by atoms with Crippen molar-refractivity contribution in [3.63, 3.8) is 0 Å². The van der Waals surface area contributed by atoms with Crippen LogP contribution in [0.25, 0.3) is 0 Å². The smallest absolute Gasteiger partial charge is 0.0175 e. The van der Waals surface area contributed by atoms with E-state index in [2.05, 4.69) is 40.2 Å². The number of hydrogen-bond acceptors (Lipinski definition) is 1. The van der Waals surface area contributed by atoms with Crippen LogP contribution >= 0.6 is 15.9 Å². The largest absolute Gasteiger partial charge is 0.327 e. The fourth-order valence-corrected chi connectivity index (χ4v) is 2.22. The molecular weight excluding hydrogens is 250 g/mol. The summed E-state index contributed by atoms with van der Waals surface area (Å²) in [5, 5.41) is 0. The quantitative estimate of drug-likeness (QED) is 0.868. The van der Waals surface area contributed by atoms with Gasteiger partial charge in [-0.05, 0) is 55.7 Å². The molecular formula is C13H18BrN. The summed E-state index contributed by atoms with van der Waals surface area (Å²) in [6.45, 7) is 0. The highest BCUT2D eigenvalue weighted by atomic mass is 79.9. The molecule has 1 nitrogen and oxygen atoms in total. The molecule has 2 rings (SSSR count). The normalized spacial score (nSPS) is 17.7. The van der Waals surface area contributed by atoms with Crippen molar-refractivity contribution in [2.75, 3.05) is 0 Å². The molecule has 1 saturated carbocycles. The molecule has 0 heterocycles. The van der Waals surface area contributed by atoms with Gasteiger partial charge in [-0.3, -0.25) is 0 Å². The summed E-state index contributed by atoms with van der Waals surface area (Å²) in [6.07, 6.45) is 6.28. The third-order valence-electron chi connectivity index (χ3n) is 3.14. The Morgan fingerprint density at radius 3 is 2.53 bits per heavy atom. The van der Waals surface area contributed by atoms with Crippen LogP contribution in [0.4, 0.5) is 0 Å². The number of benzene rings is 1. The molecule has 0 bridgehead atoms. The molecule has 1 atom stereocenters. The molecule has 82 valence electrons. The maximum Gasteiger partial charge on any atom is 0.0175 e. The molecule has 0 amide bonds. The molecule has 1 aliphatic rings. The molecule has 0 aliphatic heterocycles. The third kappa shape index (κ3) is 3.62. The second-order valence-corrected chi connectivity index (χ2v) is 5.44. The van der Waals surface area contributed by atoms with Crippen LogP contribution in [0.3, 0.4) is 0 Å². The molecule has 0 saturated heterocycles. The van der Waals surface area contributed by atoms with E-state index in [0.717, 1.165) is 16.8 Å². The fraction of sp³-hybridized carbons (Fsp3) is 0.538. The molecule has 0 spiro atoms. The Hall–Kier alpha value is -0.340. The van der Waals surface area contributed by atoms with E-state index in [0.29, 0.717) is 6.04 Å². The van der Waals surface area contributed by atoms with Crippen molar-refractivity contribution in [3.05, 3.63) is 34.3 Å². The number of rotatable bonds is 5. The van der Waals surface area contributed by atoms with Gasteiger partial charge in [-0.2, -0.15) is 0 Å². The third-order valence-corrected chi connectivity index (χ3v) is 3.67. The first kappa shape index (κ1) is 11.2. The highest BCUT2D eigenvalue weighted by Gasteiger charge is 2.27. The van der Waals surface area contributed by atoms with Crippen molar-refractivity contribution in [1.29, 1.82) is 0 Å². The van der Waals surface area contributed by atoms with Gasteiger partial charge in [-0.25, -0.2) is 0 Å². The van der Waals surface area contributed by atoms with Crippen LogP contribution < -0.4 is 5.73 Å². The van der Waals surface area contributed by atoms with E-state index in [9.17, 15) is 0 Å². The van der Waals surface area contributed by atoms with Gasteiger partial charge in [-0.15, -0.1) is 0 Å². The Balaban J connectivity index is 1.70. The highest BCUT2D eigenvalue weighted by molar-refractivity contribution is 9.10. The maximum absolute atomic E-state index is 6.06. The van der Waals surface area contributed by atoms with Gasteiger partial charge < -0.3 is 5.73 Å². The predicted octanol–water partition coefficient (Wildman–Crippen LogP) is 3.51. The summed E-state index contributed by atoms with van der Waals surface area (Å²) in [5.41, 5.74) is 7.48. The Kier molecular flexibility index (Phi) is 3.81. The first-order valence-corrected chi connectivity index (χ1v) is 6.55. The van der Waals surface area contributed by atoms with E-state index in [-0.39, 0.29) is 0 Å². The predicted molar refractivity (Wildman–Crippen MR) is 67.8 cm³/mol. The van der Waals surface area contributed by atoms with Crippen molar-refractivity contribution in [1.82, 2.24) is 0 Å². The minimum Gasteiger partial charge on any atom is -0.327 e. The molecule has 2 heteroatoms. The lowest BCUT2D eigenvalue weighted by molar-refractivity contribution is 0.528. The molecule has 1 aromatic rings. The zero-order chi connectivity index (χ0) is 10.7. The summed E-state index contributed by atoms with van der Waals surface area (Å²) in [4.78, 5) is 0. The lowest BCUT2D eigenvalue weighted by atomic mass is 10.0. The lowest BCUT2D eigenvalue weighted by Gasteiger charge is -2.09. The Bertz CT molecular complexity index is 303. The maximum atomic E-state index is 6.06. The van der Waals surface area contributed by atoms with E-state index in [1.807, 2.05) is 0 Å². The number of nitrogens with two attached hydrogens (primary N) is 1. The minimum absolute atomic E-state index is 0.459. The summed E-state index contributed by atoms with van der Waals surface area (Å²) in [5.74, 6) is 0.843. The first-order valence-electron chi connectivity index (χ1n) is 5.76. The standard InChI is InChI=1S/C13H18BrN/c14-12-8-4-10(5-9-12)2-1-3-13(15)11-6-7-11/h4-5,8-9,11,13H,1-3,6-7,15H2. The summed E-state index contributed by atoms with van der Waals surface area (Å²) in [7, 11) is 0. The van der Waals surface area contributed by atoms with Crippen LogP contribution in [-0.2, 0) is 6.42 Å². The summed E-state index contributed by atoms with van der Waals surface area (Å²) < 4.78 is 1.15. The monoisotopic (exact) mass is 267 g/mol. The van der Waals surface area contributed by atoms with E-state index < -0.39 is 0 Å². The van der Waals surface area contributed by atoms with Crippen LogP contribution in [0.2, 0.25) is 0 Å². The molecule has 1 unspecified atom stereocenters. The Labute approximate surface area is 100 Å². The highest BCUT2D eigenvalue weighted by Crippen LogP contribution is 2.33. The van der Waals surface area contributed by atoms with Crippen LogP contribution in [-0.4, -0.2) is 6.04 Å². The van der Waals surface area contributed by atoms with Crippen molar-refractivity contribution in [2.24, 2.45) is 11.7 Å². The van der Waals surface area contributed by atoms with Gasteiger partial charge in [-0.1, -0.05) is 28.1 Å². The zero-order valence-electron chi connectivity index (χ0n) is 8.95. The van der Waals surface area contributed by atoms with Crippen molar-refractivity contribution in [3.8, 4) is 0 Å². The molecule has 0 radical (unpaired) electrons. The van der Waals surface area contributed by atoms with Crippen molar-refractivity contribution in [2.45, 2.75) is 38.1 Å². The van der Waals surface area contributed by atoms with Crippen molar-refractivity contribution < 1.29 is 0 Å². The van der Waals surface area contributed by atoms with Crippen LogP contribution in [0.1, 0.15) is 31.2 Å². The fourth-order valence-electron chi connectivity index (χ4n) is 1.95. The second kappa shape index (κ2) is 5.13. The van der Waals surface area contributed by atoms with E-state index in [1.54, 1.807) is 0 Å². The average Bonchev–Trinajstić information content (AvgIpc) is 3.04. The minimum atomic E-state index is 0.459. The van der Waals surface area contributed by atoms with E-state index in [1.165, 1.54) is 31.2 Å². The summed E-state index contributed by atoms with van der Waals surface area (Å²) >= 11 is 3.44. The Morgan fingerprint density at radius 1 is 1.27 bits per heavy atom. The lowest BCUT2D eigenvalue weighted by Crippen LogP contribution is -2.22. The van der Waals surface area contributed by atoms with Gasteiger partial charge >= 0.3 is 0 Å². The van der Waals surface area contributed by atoms with Gasteiger partial charge in [0.05, 0.1) is 0 Å². The van der Waals surface area contributed by atoms with E-state index in [4.69, 9.17) is 5.73 Å². The average molecular weight is 268 g/mol. The van der Waals surface area contributed by atoms with Crippen LogP contribution in [0.15, 0.2) is 28.7 Å². The molecule has 1 aromatic carbocycles. The second-order valence-electron chi connectivity index (χ2n) is 4.52.